The predicted octanol–water partition coefficient (Wildman–Crippen LogP) is 2.32. The van der Waals surface area contributed by atoms with Gasteiger partial charge in [0.05, 0.1) is 11.4 Å². The number of nitrogens with one attached hydrogen (secondary N) is 1. The van der Waals surface area contributed by atoms with Crippen LogP contribution < -0.4 is 10.2 Å². The van der Waals surface area contributed by atoms with Crippen molar-refractivity contribution in [1.82, 2.24) is 10.2 Å². The molecule has 5 nitrogen and oxygen atoms in total. The molecule has 1 aromatic carbocycles. The molecule has 26 heavy (non-hydrogen) atoms. The van der Waals surface area contributed by atoms with E-state index in [2.05, 4.69) is 22.3 Å². The van der Waals surface area contributed by atoms with Crippen molar-refractivity contribution in [3.63, 3.8) is 0 Å². The summed E-state index contributed by atoms with van der Waals surface area (Å²) in [4.78, 5) is 30.9. The van der Waals surface area contributed by atoms with Crippen LogP contribution in [0.1, 0.15) is 26.5 Å². The van der Waals surface area contributed by atoms with Crippen LogP contribution in [0.3, 0.4) is 0 Å². The van der Waals surface area contributed by atoms with Gasteiger partial charge in [0.2, 0.25) is 5.91 Å². The Kier molecular flexibility index (Phi) is 4.93. The van der Waals surface area contributed by atoms with Gasteiger partial charge in [-0.25, -0.2) is 0 Å². The van der Waals surface area contributed by atoms with E-state index in [4.69, 9.17) is 0 Å². The van der Waals surface area contributed by atoms with Crippen LogP contribution >= 0.6 is 11.3 Å². The summed E-state index contributed by atoms with van der Waals surface area (Å²) in [7, 11) is 0. The van der Waals surface area contributed by atoms with E-state index >= 15 is 0 Å². The number of nitrogens with zero attached hydrogens (tertiary/aromatic N) is 2. The van der Waals surface area contributed by atoms with Gasteiger partial charge in [-0.2, -0.15) is 0 Å². The van der Waals surface area contributed by atoms with Gasteiger partial charge in [0, 0.05) is 36.7 Å². The average molecular weight is 369 g/mol. The molecule has 0 saturated carbocycles. The fraction of sp³-hybridized carbons (Fsp3) is 0.400. The Balaban J connectivity index is 1.25. The number of carbonyl (C=O) groups excluding carboxylic acids is 2. The molecule has 0 bridgehead atoms. The number of hydrogen-bond donors (Lipinski definition) is 1. The third-order valence-electron chi connectivity index (χ3n) is 5.12. The molecule has 2 heterocycles. The van der Waals surface area contributed by atoms with Crippen molar-refractivity contribution in [1.29, 1.82) is 0 Å². The van der Waals surface area contributed by atoms with Crippen LogP contribution in [0.2, 0.25) is 0 Å². The number of amides is 2. The molecule has 0 atom stereocenters. The highest BCUT2D eigenvalue weighted by molar-refractivity contribution is 7.14. The van der Waals surface area contributed by atoms with E-state index in [-0.39, 0.29) is 18.4 Å². The van der Waals surface area contributed by atoms with Gasteiger partial charge in [0.1, 0.15) is 0 Å². The molecular formula is C20H23N3O2S. The van der Waals surface area contributed by atoms with Crippen LogP contribution in [0, 0.1) is 0 Å². The van der Waals surface area contributed by atoms with Crippen LogP contribution in [-0.4, -0.2) is 49.4 Å². The number of thiophene rings is 1. The molecule has 1 aliphatic heterocycles. The summed E-state index contributed by atoms with van der Waals surface area (Å²) in [6.07, 6.45) is 3.35. The molecule has 1 saturated heterocycles. The Morgan fingerprint density at radius 2 is 1.81 bits per heavy atom. The fourth-order valence-corrected chi connectivity index (χ4v) is 4.82. The maximum absolute atomic E-state index is 12.4. The minimum absolute atomic E-state index is 0.00448. The Morgan fingerprint density at radius 1 is 1.04 bits per heavy atom. The summed E-state index contributed by atoms with van der Waals surface area (Å²) in [5, 5.41) is 2.79. The second-order valence-corrected chi connectivity index (χ2v) is 7.94. The molecule has 2 aliphatic rings. The zero-order chi connectivity index (χ0) is 17.9. The Labute approximate surface area is 157 Å². The number of fused-ring (bicyclic) bond motifs is 1. The summed E-state index contributed by atoms with van der Waals surface area (Å²) in [5.74, 6) is -0.129. The average Bonchev–Trinajstić information content (AvgIpc) is 3.29. The van der Waals surface area contributed by atoms with Crippen molar-refractivity contribution in [2.75, 3.05) is 37.6 Å². The monoisotopic (exact) mass is 369 g/mol. The normalized spacial score (nSPS) is 16.5. The topological polar surface area (TPSA) is 52.7 Å². The number of rotatable bonds is 4. The lowest BCUT2D eigenvalue weighted by Gasteiger charge is -2.36. The zero-order valence-electron chi connectivity index (χ0n) is 14.7. The maximum Gasteiger partial charge on any atom is 0.261 e. The minimum atomic E-state index is -0.124. The first-order chi connectivity index (χ1) is 12.7. The van der Waals surface area contributed by atoms with Crippen molar-refractivity contribution in [2.45, 2.75) is 19.3 Å². The number of benzene rings is 1. The lowest BCUT2D eigenvalue weighted by atomic mass is 10.2. The molecule has 136 valence electrons. The standard InChI is InChI=1S/C20H23N3O2S/c24-19(14-21-20(25)18-13-15-5-4-8-17(15)26-18)23-11-9-22(10-12-23)16-6-2-1-3-7-16/h1-3,6-7,13H,4-5,8-12,14H2,(H,21,25). The number of aryl methyl sites for hydroxylation is 2. The van der Waals surface area contributed by atoms with Gasteiger partial charge in [-0.15, -0.1) is 11.3 Å². The Hall–Kier alpha value is -2.34. The van der Waals surface area contributed by atoms with E-state index in [0.29, 0.717) is 13.1 Å². The largest absolute Gasteiger partial charge is 0.368 e. The SMILES string of the molecule is O=C(NCC(=O)N1CCN(c2ccccc2)CC1)c1cc2c(s1)CCC2. The summed E-state index contributed by atoms with van der Waals surface area (Å²) in [6.45, 7) is 3.10. The number of anilines is 1. The van der Waals surface area contributed by atoms with Crippen LogP contribution in [0.4, 0.5) is 5.69 Å². The van der Waals surface area contributed by atoms with Crippen LogP contribution in [-0.2, 0) is 17.6 Å². The Bertz CT molecular complexity index is 773. The molecule has 1 aliphatic carbocycles. The van der Waals surface area contributed by atoms with Crippen molar-refractivity contribution < 1.29 is 9.59 Å². The molecule has 4 rings (SSSR count). The van der Waals surface area contributed by atoms with Crippen LogP contribution in [0.25, 0.3) is 0 Å². The second-order valence-electron chi connectivity index (χ2n) is 6.80. The van der Waals surface area contributed by atoms with Gasteiger partial charge in [0.15, 0.2) is 0 Å². The number of piperazine rings is 1. The van der Waals surface area contributed by atoms with E-state index in [1.807, 2.05) is 29.2 Å². The van der Waals surface area contributed by atoms with E-state index in [0.717, 1.165) is 30.8 Å². The van der Waals surface area contributed by atoms with Gasteiger partial charge in [-0.1, -0.05) is 18.2 Å². The van der Waals surface area contributed by atoms with Gasteiger partial charge in [-0.05, 0) is 43.0 Å². The highest BCUT2D eigenvalue weighted by Gasteiger charge is 2.23. The number of para-hydroxylation sites is 1. The van der Waals surface area contributed by atoms with Gasteiger partial charge < -0.3 is 15.1 Å². The molecular weight excluding hydrogens is 346 g/mol. The third kappa shape index (κ3) is 3.60. The van der Waals surface area contributed by atoms with E-state index in [1.54, 1.807) is 11.3 Å². The van der Waals surface area contributed by atoms with Gasteiger partial charge in [-0.3, -0.25) is 9.59 Å². The fourth-order valence-electron chi connectivity index (χ4n) is 3.65. The smallest absolute Gasteiger partial charge is 0.261 e. The molecule has 1 N–H and O–H groups in total. The highest BCUT2D eigenvalue weighted by atomic mass is 32.1. The zero-order valence-corrected chi connectivity index (χ0v) is 15.6. The first-order valence-corrected chi connectivity index (χ1v) is 10.00. The third-order valence-corrected chi connectivity index (χ3v) is 6.36. The molecule has 0 radical (unpaired) electrons. The number of hydrogen-bond acceptors (Lipinski definition) is 4. The maximum atomic E-state index is 12.4. The van der Waals surface area contributed by atoms with E-state index in [1.165, 1.54) is 22.5 Å². The molecule has 0 unspecified atom stereocenters. The van der Waals surface area contributed by atoms with Crippen LogP contribution in [0.15, 0.2) is 36.4 Å². The molecule has 2 amide bonds. The first kappa shape index (κ1) is 17.1. The van der Waals surface area contributed by atoms with Gasteiger partial charge >= 0.3 is 0 Å². The summed E-state index contributed by atoms with van der Waals surface area (Å²) >= 11 is 1.57. The van der Waals surface area contributed by atoms with Gasteiger partial charge in [0.25, 0.3) is 5.91 Å². The van der Waals surface area contributed by atoms with Crippen molar-refractivity contribution in [2.24, 2.45) is 0 Å². The summed E-state index contributed by atoms with van der Waals surface area (Å²) in [6, 6.07) is 12.2. The van der Waals surface area contributed by atoms with E-state index < -0.39 is 0 Å². The highest BCUT2D eigenvalue weighted by Crippen LogP contribution is 2.30. The second kappa shape index (κ2) is 7.50. The van der Waals surface area contributed by atoms with Crippen LogP contribution in [0.5, 0.6) is 0 Å². The lowest BCUT2D eigenvalue weighted by molar-refractivity contribution is -0.130. The molecule has 1 fully saturated rings. The summed E-state index contributed by atoms with van der Waals surface area (Å²) < 4.78 is 0. The molecule has 1 aromatic heterocycles. The van der Waals surface area contributed by atoms with Crippen molar-refractivity contribution in [3.8, 4) is 0 Å². The summed E-state index contributed by atoms with van der Waals surface area (Å²) in [5.41, 5.74) is 2.50. The van der Waals surface area contributed by atoms with Crippen molar-refractivity contribution >= 4 is 28.8 Å². The number of carbonyl (C=O) groups is 2. The minimum Gasteiger partial charge on any atom is -0.368 e. The molecule has 6 heteroatoms. The Morgan fingerprint density at radius 3 is 2.54 bits per heavy atom. The predicted molar refractivity (Wildman–Crippen MR) is 104 cm³/mol. The lowest BCUT2D eigenvalue weighted by Crippen LogP contribution is -2.51. The molecule has 2 aromatic rings. The van der Waals surface area contributed by atoms with Crippen molar-refractivity contribution in [3.05, 3.63) is 51.7 Å². The molecule has 0 spiro atoms. The quantitative estimate of drug-likeness (QED) is 0.900. The first-order valence-electron chi connectivity index (χ1n) is 9.18. The van der Waals surface area contributed by atoms with E-state index in [9.17, 15) is 9.59 Å².